The van der Waals surface area contributed by atoms with Crippen molar-refractivity contribution in [1.29, 1.82) is 0 Å². The molecular weight excluding hydrogens is 424 g/mol. The maximum absolute atomic E-state index is 13.2. The van der Waals surface area contributed by atoms with Crippen molar-refractivity contribution in [1.82, 2.24) is 24.8 Å². The second-order valence-corrected chi connectivity index (χ2v) is 8.57. The van der Waals surface area contributed by atoms with Crippen LogP contribution in [0.4, 0.5) is 14.6 Å². The molecule has 2 aliphatic heterocycles. The van der Waals surface area contributed by atoms with Crippen LogP contribution < -0.4 is 5.32 Å². The van der Waals surface area contributed by atoms with Crippen molar-refractivity contribution in [2.45, 2.75) is 31.7 Å². The zero-order chi connectivity index (χ0) is 21.6. The molecule has 10 heteroatoms. The second-order valence-electron chi connectivity index (χ2n) is 8.16. The monoisotopic (exact) mass is 445 g/mol. The molecule has 0 bridgehead atoms. The van der Waals surface area contributed by atoms with Gasteiger partial charge in [-0.15, -0.1) is 0 Å². The zero-order valence-corrected chi connectivity index (χ0v) is 17.7. The van der Waals surface area contributed by atoms with Crippen molar-refractivity contribution in [3.8, 4) is 0 Å². The molecule has 2 aromatic heterocycles. The molecule has 7 nitrogen and oxygen atoms in total. The molecule has 4 heterocycles. The van der Waals surface area contributed by atoms with Crippen molar-refractivity contribution in [2.75, 3.05) is 25.0 Å². The minimum Gasteiger partial charge on any atom is -0.360 e. The Kier molecular flexibility index (Phi) is 5.10. The standard InChI is InChI=1S/C21H22ClF2N7/c1-12(29-20-18-19(26-10-25-18)27-11-28-20)16-7-13-3-2-4-14(22)17(13)15(30-16)5-6-31-8-21(23,24)9-31/h2,4,7,10-13H,3,5-6,8-9H2,1H3,(H2,25,26,27,28,29)/t12-,13?/m0/s1. The zero-order valence-electron chi connectivity index (χ0n) is 16.9. The van der Waals surface area contributed by atoms with Crippen LogP contribution in [-0.2, 0) is 0 Å². The molecule has 31 heavy (non-hydrogen) atoms. The highest BCUT2D eigenvalue weighted by Crippen LogP contribution is 2.36. The molecule has 3 aliphatic rings. The Morgan fingerprint density at radius 1 is 1.32 bits per heavy atom. The van der Waals surface area contributed by atoms with E-state index >= 15 is 0 Å². The van der Waals surface area contributed by atoms with Gasteiger partial charge in [-0.25, -0.2) is 23.7 Å². The topological polar surface area (TPSA) is 82.1 Å². The Morgan fingerprint density at radius 2 is 2.16 bits per heavy atom. The molecule has 0 amide bonds. The van der Waals surface area contributed by atoms with Gasteiger partial charge in [0, 0.05) is 29.6 Å². The number of aromatic amines is 1. The van der Waals surface area contributed by atoms with Crippen molar-refractivity contribution in [3.63, 3.8) is 0 Å². The molecule has 0 radical (unpaired) electrons. The lowest BCUT2D eigenvalue weighted by Crippen LogP contribution is -2.56. The number of hydrogen-bond acceptors (Lipinski definition) is 6. The van der Waals surface area contributed by atoms with Gasteiger partial charge >= 0.3 is 0 Å². The Hall–Kier alpha value is -2.65. The van der Waals surface area contributed by atoms with Crippen molar-refractivity contribution in [2.24, 2.45) is 10.9 Å². The van der Waals surface area contributed by atoms with Gasteiger partial charge in [-0.1, -0.05) is 23.8 Å². The van der Waals surface area contributed by atoms with E-state index in [-0.39, 0.29) is 25.0 Å². The van der Waals surface area contributed by atoms with Crippen LogP contribution in [-0.4, -0.2) is 62.1 Å². The van der Waals surface area contributed by atoms with Gasteiger partial charge in [0.2, 0.25) is 0 Å². The van der Waals surface area contributed by atoms with Gasteiger partial charge in [-0.05, 0) is 25.0 Å². The number of imidazole rings is 1. The fraction of sp³-hybridized carbons (Fsp3) is 0.429. The largest absolute Gasteiger partial charge is 0.360 e. The van der Waals surface area contributed by atoms with Crippen LogP contribution in [0.2, 0.25) is 0 Å². The smallest absolute Gasteiger partial charge is 0.272 e. The summed E-state index contributed by atoms with van der Waals surface area (Å²) in [5.74, 6) is -1.79. The minimum atomic E-state index is -2.57. The number of aliphatic imine (C=N–C) groups is 1. The van der Waals surface area contributed by atoms with E-state index in [1.54, 1.807) is 11.2 Å². The molecule has 2 aromatic rings. The van der Waals surface area contributed by atoms with Crippen LogP contribution in [0.5, 0.6) is 0 Å². The van der Waals surface area contributed by atoms with Crippen molar-refractivity contribution >= 4 is 34.3 Å². The quantitative estimate of drug-likeness (QED) is 0.704. The molecule has 0 aromatic carbocycles. The first-order valence-corrected chi connectivity index (χ1v) is 10.6. The molecule has 5 rings (SSSR count). The molecule has 1 unspecified atom stereocenters. The van der Waals surface area contributed by atoms with Crippen LogP contribution in [0, 0.1) is 5.92 Å². The van der Waals surface area contributed by atoms with Crippen LogP contribution in [0.25, 0.3) is 11.2 Å². The SMILES string of the molecule is C[C@H](Nc1ncnc2nc[nH]c12)C1=CC2CC=CC(Cl)=C2C(CCN2CC(F)(F)C2)=N1. The number of halogens is 3. The first kappa shape index (κ1) is 20.3. The number of nitrogens with one attached hydrogen (secondary N) is 2. The lowest BCUT2D eigenvalue weighted by molar-refractivity contribution is -0.129. The first-order chi connectivity index (χ1) is 14.9. The van der Waals surface area contributed by atoms with Gasteiger partial charge in [0.25, 0.3) is 5.92 Å². The van der Waals surface area contributed by atoms with Gasteiger partial charge in [-0.2, -0.15) is 0 Å². The summed E-state index contributed by atoms with van der Waals surface area (Å²) in [7, 11) is 0. The summed E-state index contributed by atoms with van der Waals surface area (Å²) >= 11 is 6.51. The number of allylic oxidation sites excluding steroid dienone is 5. The Balaban J connectivity index is 1.38. The summed E-state index contributed by atoms with van der Waals surface area (Å²) in [5, 5.41) is 4.07. The van der Waals surface area contributed by atoms with Crippen molar-refractivity contribution < 1.29 is 8.78 Å². The third kappa shape index (κ3) is 3.99. The molecule has 1 aliphatic carbocycles. The fourth-order valence-corrected chi connectivity index (χ4v) is 4.62. The number of nitrogens with zero attached hydrogens (tertiary/aromatic N) is 5. The number of aromatic nitrogens is 4. The lowest BCUT2D eigenvalue weighted by atomic mass is 9.83. The van der Waals surface area contributed by atoms with E-state index in [1.807, 2.05) is 13.0 Å². The van der Waals surface area contributed by atoms with Gasteiger partial charge in [-0.3, -0.25) is 9.89 Å². The molecule has 0 spiro atoms. The minimum absolute atomic E-state index is 0.125. The van der Waals surface area contributed by atoms with Gasteiger partial charge in [0.1, 0.15) is 11.8 Å². The summed E-state index contributed by atoms with van der Waals surface area (Å²) in [6, 6.07) is -0.129. The molecule has 1 fully saturated rings. The molecule has 2 atom stereocenters. The number of likely N-dealkylation sites (tertiary alicyclic amines) is 1. The Morgan fingerprint density at radius 3 is 2.97 bits per heavy atom. The number of rotatable bonds is 6. The maximum Gasteiger partial charge on any atom is 0.272 e. The average Bonchev–Trinajstić information content (AvgIpc) is 3.20. The summed E-state index contributed by atoms with van der Waals surface area (Å²) in [6.07, 6.45) is 10.5. The third-order valence-corrected chi connectivity index (χ3v) is 6.15. The van der Waals surface area contributed by atoms with Crippen molar-refractivity contribution in [3.05, 3.63) is 47.2 Å². The van der Waals surface area contributed by atoms with Gasteiger partial charge in [0.15, 0.2) is 11.5 Å². The van der Waals surface area contributed by atoms with E-state index in [1.165, 1.54) is 6.33 Å². The number of fused-ring (bicyclic) bond motifs is 2. The highest BCUT2D eigenvalue weighted by Gasteiger charge is 2.43. The average molecular weight is 446 g/mol. The van der Waals surface area contributed by atoms with Gasteiger partial charge < -0.3 is 10.3 Å². The van der Waals surface area contributed by atoms with Crippen LogP contribution in [0.15, 0.2) is 52.2 Å². The number of hydrogen-bond donors (Lipinski definition) is 2. The van der Waals surface area contributed by atoms with E-state index in [0.29, 0.717) is 29.5 Å². The summed E-state index contributed by atoms with van der Waals surface area (Å²) < 4.78 is 26.4. The number of anilines is 1. The van der Waals surface area contributed by atoms with E-state index in [9.17, 15) is 8.78 Å². The lowest BCUT2D eigenvalue weighted by Gasteiger charge is -2.39. The van der Waals surface area contributed by atoms with Gasteiger partial charge in [0.05, 0.1) is 31.2 Å². The fourth-order valence-electron chi connectivity index (χ4n) is 4.28. The molecule has 162 valence electrons. The molecular formula is C21H22ClF2N7. The second kappa shape index (κ2) is 7.80. The summed E-state index contributed by atoms with van der Waals surface area (Å²) in [4.78, 5) is 22.3. The normalized spacial score (nSPS) is 23.8. The summed E-state index contributed by atoms with van der Waals surface area (Å²) in [6.45, 7) is 2.17. The van der Waals surface area contributed by atoms with E-state index in [0.717, 1.165) is 28.9 Å². The number of alkyl halides is 2. The predicted molar refractivity (Wildman–Crippen MR) is 116 cm³/mol. The molecule has 2 N–H and O–H groups in total. The first-order valence-electron chi connectivity index (χ1n) is 10.3. The Bertz CT molecular complexity index is 1130. The third-order valence-electron chi connectivity index (χ3n) is 5.82. The highest BCUT2D eigenvalue weighted by atomic mass is 35.5. The van der Waals surface area contributed by atoms with E-state index in [2.05, 4.69) is 37.4 Å². The highest BCUT2D eigenvalue weighted by molar-refractivity contribution is 6.34. The van der Waals surface area contributed by atoms with Crippen LogP contribution in [0.1, 0.15) is 19.8 Å². The Labute approximate surface area is 183 Å². The molecule has 1 saturated heterocycles. The predicted octanol–water partition coefficient (Wildman–Crippen LogP) is 3.90. The number of H-pyrrole nitrogens is 1. The van der Waals surface area contributed by atoms with E-state index in [4.69, 9.17) is 16.6 Å². The molecule has 0 saturated carbocycles. The van der Waals surface area contributed by atoms with E-state index < -0.39 is 5.92 Å². The van der Waals surface area contributed by atoms with Crippen LogP contribution >= 0.6 is 11.6 Å². The summed E-state index contributed by atoms with van der Waals surface area (Å²) in [5.41, 5.74) is 4.08. The maximum atomic E-state index is 13.2. The van der Waals surface area contributed by atoms with Crippen LogP contribution in [0.3, 0.4) is 0 Å².